The van der Waals surface area contributed by atoms with Crippen LogP contribution in [-0.2, 0) is 4.74 Å². The minimum atomic E-state index is 0.0294. The van der Waals surface area contributed by atoms with Gasteiger partial charge in [0.05, 0.1) is 41.7 Å². The maximum Gasteiger partial charge on any atom is 0.206 e. The Morgan fingerprint density at radius 2 is 2.03 bits per heavy atom. The van der Waals surface area contributed by atoms with Gasteiger partial charge >= 0.3 is 0 Å². The molecule has 0 radical (unpaired) electrons. The lowest BCUT2D eigenvalue weighted by atomic mass is 10.2. The van der Waals surface area contributed by atoms with Gasteiger partial charge in [-0.15, -0.1) is 11.3 Å². The van der Waals surface area contributed by atoms with Crippen LogP contribution in [0.15, 0.2) is 50.3 Å². The van der Waals surface area contributed by atoms with E-state index in [9.17, 15) is 5.11 Å². The number of phenolic OH excluding ortho intramolecular Hbond substituents is 1. The van der Waals surface area contributed by atoms with Crippen LogP contribution >= 0.6 is 50.5 Å². The second kappa shape index (κ2) is 10.5. The number of rotatable bonds is 7. The Morgan fingerprint density at radius 1 is 1.23 bits per heavy atom. The fraction of sp³-hybridized carbons (Fsp3) is 0.200. The van der Waals surface area contributed by atoms with Crippen LogP contribution in [0.1, 0.15) is 5.56 Å². The van der Waals surface area contributed by atoms with Crippen LogP contribution in [0.2, 0.25) is 10.0 Å². The van der Waals surface area contributed by atoms with Crippen LogP contribution in [0.4, 0.5) is 0 Å². The number of halogens is 3. The van der Waals surface area contributed by atoms with Gasteiger partial charge in [-0.2, -0.15) is 5.10 Å². The molecule has 0 fully saturated rings. The molecule has 0 aliphatic carbocycles. The molecule has 3 rings (SSSR count). The molecule has 0 aliphatic heterocycles. The number of phenols is 1. The standard InChI is InChI=1S/C20H18BrCl2N3O3S/c1-28-6-5-24-20-26(17(11-30-20)14-4-3-13(22)9-16(14)23)25-10-12-7-15(21)19(27)18(8-12)29-2/h3-4,7-11,27H,5-6H2,1-2H3/b24-20?,25-10-. The summed E-state index contributed by atoms with van der Waals surface area (Å²) in [6, 6.07) is 8.74. The third-order valence-corrected chi connectivity index (χ3v) is 6.03. The van der Waals surface area contributed by atoms with Crippen LogP contribution in [0, 0.1) is 0 Å². The summed E-state index contributed by atoms with van der Waals surface area (Å²) in [5.74, 6) is 0.369. The molecule has 0 saturated heterocycles. The van der Waals surface area contributed by atoms with E-state index in [2.05, 4.69) is 26.0 Å². The molecule has 0 saturated carbocycles. The summed E-state index contributed by atoms with van der Waals surface area (Å²) in [4.78, 5) is 5.26. The molecule has 0 atom stereocenters. The predicted molar refractivity (Wildman–Crippen MR) is 125 cm³/mol. The Bertz CT molecular complexity index is 1140. The van der Waals surface area contributed by atoms with Crippen molar-refractivity contribution in [3.8, 4) is 22.8 Å². The van der Waals surface area contributed by atoms with Crippen molar-refractivity contribution < 1.29 is 14.6 Å². The molecule has 1 N–H and O–H groups in total. The highest BCUT2D eigenvalue weighted by Crippen LogP contribution is 2.35. The van der Waals surface area contributed by atoms with Crippen LogP contribution in [-0.4, -0.2) is 43.4 Å². The third kappa shape index (κ3) is 5.25. The van der Waals surface area contributed by atoms with Crippen molar-refractivity contribution in [2.45, 2.75) is 0 Å². The average molecular weight is 531 g/mol. The highest BCUT2D eigenvalue weighted by atomic mass is 79.9. The van der Waals surface area contributed by atoms with Gasteiger partial charge in [-0.25, -0.2) is 4.68 Å². The molecule has 6 nitrogen and oxygen atoms in total. The number of aromatic nitrogens is 1. The van der Waals surface area contributed by atoms with E-state index in [1.807, 2.05) is 11.4 Å². The van der Waals surface area contributed by atoms with E-state index in [1.165, 1.54) is 18.4 Å². The summed E-state index contributed by atoms with van der Waals surface area (Å²) < 4.78 is 12.5. The topological polar surface area (TPSA) is 68.3 Å². The quantitative estimate of drug-likeness (QED) is 0.327. The van der Waals surface area contributed by atoms with Crippen molar-refractivity contribution >= 4 is 56.7 Å². The zero-order chi connectivity index (χ0) is 21.7. The van der Waals surface area contributed by atoms with E-state index >= 15 is 0 Å². The Labute approximate surface area is 196 Å². The molecule has 10 heteroatoms. The zero-order valence-electron chi connectivity index (χ0n) is 16.1. The van der Waals surface area contributed by atoms with E-state index in [0.717, 1.165) is 16.8 Å². The summed E-state index contributed by atoms with van der Waals surface area (Å²) in [6.45, 7) is 1.000. The summed E-state index contributed by atoms with van der Waals surface area (Å²) in [7, 11) is 3.12. The molecule has 0 amide bonds. The molecule has 0 bridgehead atoms. The van der Waals surface area contributed by atoms with Gasteiger partial charge in [-0.05, 0) is 51.8 Å². The molecule has 2 aromatic carbocycles. The number of hydrogen-bond donors (Lipinski definition) is 1. The lowest BCUT2D eigenvalue weighted by molar-refractivity contribution is 0.207. The first-order chi connectivity index (χ1) is 14.4. The van der Waals surface area contributed by atoms with Crippen LogP contribution in [0.3, 0.4) is 0 Å². The molecule has 30 heavy (non-hydrogen) atoms. The fourth-order valence-electron chi connectivity index (χ4n) is 2.58. The van der Waals surface area contributed by atoms with Crippen LogP contribution in [0.5, 0.6) is 11.5 Å². The first-order valence-electron chi connectivity index (χ1n) is 8.71. The smallest absolute Gasteiger partial charge is 0.206 e. The fourth-order valence-corrected chi connectivity index (χ4v) is 4.40. The van der Waals surface area contributed by atoms with Crippen LogP contribution < -0.4 is 9.54 Å². The molecule has 1 heterocycles. The van der Waals surface area contributed by atoms with Gasteiger partial charge in [0.1, 0.15) is 0 Å². The lowest BCUT2D eigenvalue weighted by Gasteiger charge is -2.08. The summed E-state index contributed by atoms with van der Waals surface area (Å²) in [6.07, 6.45) is 1.65. The largest absolute Gasteiger partial charge is 0.503 e. The van der Waals surface area contributed by atoms with E-state index in [1.54, 1.807) is 42.3 Å². The van der Waals surface area contributed by atoms with Gasteiger partial charge in [0, 0.05) is 23.1 Å². The van der Waals surface area contributed by atoms with E-state index in [4.69, 9.17) is 32.7 Å². The minimum Gasteiger partial charge on any atom is -0.503 e. The Morgan fingerprint density at radius 3 is 2.73 bits per heavy atom. The third-order valence-electron chi connectivity index (χ3n) is 4.03. The van der Waals surface area contributed by atoms with E-state index in [0.29, 0.717) is 38.2 Å². The number of aromatic hydroxyl groups is 1. The molecule has 0 spiro atoms. The molecule has 1 aromatic heterocycles. The Balaban J connectivity index is 2.09. The highest BCUT2D eigenvalue weighted by molar-refractivity contribution is 9.10. The molecular formula is C20H18BrCl2N3O3S. The Kier molecular flexibility index (Phi) is 7.96. The summed E-state index contributed by atoms with van der Waals surface area (Å²) >= 11 is 17.2. The summed E-state index contributed by atoms with van der Waals surface area (Å²) in [5.41, 5.74) is 2.29. The Hall–Kier alpha value is -1.84. The zero-order valence-corrected chi connectivity index (χ0v) is 20.0. The van der Waals surface area contributed by atoms with Crippen molar-refractivity contribution in [1.29, 1.82) is 0 Å². The number of nitrogens with zero attached hydrogens (tertiary/aromatic N) is 3. The van der Waals surface area contributed by atoms with Crippen LogP contribution in [0.25, 0.3) is 11.3 Å². The summed E-state index contributed by atoms with van der Waals surface area (Å²) in [5, 5.41) is 17.6. The molecule has 0 unspecified atom stereocenters. The van der Waals surface area contributed by atoms with E-state index in [-0.39, 0.29) is 5.75 Å². The monoisotopic (exact) mass is 529 g/mol. The lowest BCUT2D eigenvalue weighted by Crippen LogP contribution is -2.14. The molecule has 158 valence electrons. The van der Waals surface area contributed by atoms with Gasteiger partial charge in [0.2, 0.25) is 4.80 Å². The van der Waals surface area contributed by atoms with Gasteiger partial charge < -0.3 is 14.6 Å². The van der Waals surface area contributed by atoms with Crippen molar-refractivity contribution in [3.63, 3.8) is 0 Å². The number of benzene rings is 2. The van der Waals surface area contributed by atoms with Gasteiger partial charge in [-0.3, -0.25) is 4.99 Å². The molecular weight excluding hydrogens is 513 g/mol. The maximum absolute atomic E-state index is 10.0. The second-order valence-electron chi connectivity index (χ2n) is 6.01. The maximum atomic E-state index is 10.0. The first-order valence-corrected chi connectivity index (χ1v) is 11.1. The number of ether oxygens (including phenoxy) is 2. The van der Waals surface area contributed by atoms with Crippen molar-refractivity contribution in [3.05, 3.63) is 60.6 Å². The van der Waals surface area contributed by atoms with Gasteiger partial charge in [0.15, 0.2) is 11.5 Å². The van der Waals surface area contributed by atoms with Crippen molar-refractivity contribution in [2.24, 2.45) is 10.1 Å². The number of hydrogen-bond acceptors (Lipinski definition) is 6. The predicted octanol–water partition coefficient (Wildman–Crippen LogP) is 5.43. The van der Waals surface area contributed by atoms with Crippen molar-refractivity contribution in [1.82, 2.24) is 4.68 Å². The second-order valence-corrected chi connectivity index (χ2v) is 8.55. The van der Waals surface area contributed by atoms with E-state index < -0.39 is 0 Å². The number of thiazole rings is 1. The number of methoxy groups -OCH3 is 2. The molecule has 3 aromatic rings. The van der Waals surface area contributed by atoms with Gasteiger partial charge in [0.25, 0.3) is 0 Å². The average Bonchev–Trinajstić information content (AvgIpc) is 3.11. The first kappa shape index (κ1) is 22.8. The minimum absolute atomic E-state index is 0.0294. The highest BCUT2D eigenvalue weighted by Gasteiger charge is 2.12. The van der Waals surface area contributed by atoms with Gasteiger partial charge in [-0.1, -0.05) is 23.2 Å². The van der Waals surface area contributed by atoms with Crippen molar-refractivity contribution in [2.75, 3.05) is 27.4 Å². The SMILES string of the molecule is COCCN=c1scc(-c2ccc(Cl)cc2Cl)n1/N=C\c1cc(Br)c(O)c(OC)c1. The normalized spacial score (nSPS) is 12.1. The molecule has 0 aliphatic rings.